The molecule has 0 spiro atoms. The van der Waals surface area contributed by atoms with Gasteiger partial charge in [0.15, 0.2) is 0 Å². The molecular formula is C19H28N2O3. The second-order valence-electron chi connectivity index (χ2n) is 6.47. The number of amides is 2. The zero-order chi connectivity index (χ0) is 17.2. The van der Waals surface area contributed by atoms with Gasteiger partial charge in [0.1, 0.15) is 0 Å². The molecule has 1 aromatic rings. The van der Waals surface area contributed by atoms with E-state index < -0.39 is 11.8 Å². The van der Waals surface area contributed by atoms with E-state index in [1.54, 1.807) is 0 Å². The highest BCUT2D eigenvalue weighted by molar-refractivity contribution is 6.35. The minimum Gasteiger partial charge on any atom is -0.396 e. The Morgan fingerprint density at radius 2 is 1.75 bits per heavy atom. The van der Waals surface area contributed by atoms with E-state index in [2.05, 4.69) is 10.6 Å². The minimum atomic E-state index is -0.559. The van der Waals surface area contributed by atoms with Crippen LogP contribution in [0.2, 0.25) is 0 Å². The molecule has 0 saturated heterocycles. The number of hydrogen-bond donors (Lipinski definition) is 3. The number of hydrogen-bond acceptors (Lipinski definition) is 3. The lowest BCUT2D eigenvalue weighted by Gasteiger charge is -2.22. The molecule has 3 N–H and O–H groups in total. The molecule has 5 nitrogen and oxygen atoms in total. The van der Waals surface area contributed by atoms with E-state index >= 15 is 0 Å². The first-order valence-electron chi connectivity index (χ1n) is 8.95. The quantitative estimate of drug-likeness (QED) is 0.669. The highest BCUT2D eigenvalue weighted by Crippen LogP contribution is 2.22. The summed E-state index contributed by atoms with van der Waals surface area (Å²) in [5.74, 6) is -0.908. The molecule has 2 amide bonds. The predicted octanol–water partition coefficient (Wildman–Crippen LogP) is 2.11. The molecule has 1 unspecified atom stereocenters. The number of aliphatic hydroxyl groups is 1. The molecule has 1 aromatic carbocycles. The van der Waals surface area contributed by atoms with Crippen molar-refractivity contribution in [2.75, 3.05) is 13.2 Å². The Morgan fingerprint density at radius 3 is 2.42 bits per heavy atom. The summed E-state index contributed by atoms with van der Waals surface area (Å²) in [6, 6.07) is 10.1. The predicted molar refractivity (Wildman–Crippen MR) is 93.5 cm³/mol. The topological polar surface area (TPSA) is 78.4 Å². The Labute approximate surface area is 143 Å². The molecule has 1 aliphatic carbocycles. The summed E-state index contributed by atoms with van der Waals surface area (Å²) < 4.78 is 0. The summed E-state index contributed by atoms with van der Waals surface area (Å²) in [5, 5.41) is 14.7. The van der Waals surface area contributed by atoms with Crippen LogP contribution in [0.4, 0.5) is 0 Å². The Balaban J connectivity index is 1.74. The summed E-state index contributed by atoms with van der Waals surface area (Å²) in [5.41, 5.74) is 1.15. The van der Waals surface area contributed by atoms with E-state index in [0.29, 0.717) is 19.4 Å². The van der Waals surface area contributed by atoms with Crippen LogP contribution < -0.4 is 10.6 Å². The van der Waals surface area contributed by atoms with E-state index in [-0.39, 0.29) is 18.6 Å². The van der Waals surface area contributed by atoms with Crippen LogP contribution in [-0.2, 0) is 9.59 Å². The van der Waals surface area contributed by atoms with Gasteiger partial charge >= 0.3 is 11.8 Å². The van der Waals surface area contributed by atoms with Crippen molar-refractivity contribution in [3.8, 4) is 0 Å². The third-order valence-electron chi connectivity index (χ3n) is 4.67. The lowest BCUT2D eigenvalue weighted by molar-refractivity contribution is -0.139. The van der Waals surface area contributed by atoms with Crippen LogP contribution in [-0.4, -0.2) is 36.1 Å². The lowest BCUT2D eigenvalue weighted by atomic mass is 9.93. The number of benzene rings is 1. The third kappa shape index (κ3) is 5.96. The van der Waals surface area contributed by atoms with Crippen LogP contribution in [0.25, 0.3) is 0 Å². The summed E-state index contributed by atoms with van der Waals surface area (Å²) in [4.78, 5) is 23.8. The smallest absolute Gasteiger partial charge is 0.309 e. The van der Waals surface area contributed by atoms with Gasteiger partial charge in [0, 0.05) is 19.2 Å². The van der Waals surface area contributed by atoms with Gasteiger partial charge in [-0.1, -0.05) is 49.6 Å². The molecular weight excluding hydrogens is 304 g/mol. The second-order valence-corrected chi connectivity index (χ2v) is 6.47. The van der Waals surface area contributed by atoms with Gasteiger partial charge in [0.2, 0.25) is 0 Å². The maximum Gasteiger partial charge on any atom is 0.309 e. The number of rotatable bonds is 7. The van der Waals surface area contributed by atoms with Gasteiger partial charge in [-0.05, 0) is 37.2 Å². The van der Waals surface area contributed by atoms with Gasteiger partial charge in [-0.2, -0.15) is 0 Å². The highest BCUT2D eigenvalue weighted by Gasteiger charge is 2.20. The number of nitrogens with one attached hydrogen (secondary N) is 2. The van der Waals surface area contributed by atoms with E-state index in [4.69, 9.17) is 0 Å². The van der Waals surface area contributed by atoms with Crippen LogP contribution in [0.5, 0.6) is 0 Å². The number of carbonyl (C=O) groups is 2. The summed E-state index contributed by atoms with van der Waals surface area (Å²) >= 11 is 0. The molecule has 1 saturated carbocycles. The van der Waals surface area contributed by atoms with E-state index in [0.717, 1.165) is 31.2 Å². The van der Waals surface area contributed by atoms with Crippen LogP contribution in [0.1, 0.15) is 56.4 Å². The van der Waals surface area contributed by atoms with Gasteiger partial charge < -0.3 is 15.7 Å². The van der Waals surface area contributed by atoms with Crippen molar-refractivity contribution < 1.29 is 14.7 Å². The molecule has 132 valence electrons. The number of aliphatic hydroxyl groups excluding tert-OH is 1. The van der Waals surface area contributed by atoms with Gasteiger partial charge in [-0.25, -0.2) is 0 Å². The maximum absolute atomic E-state index is 11.9. The SMILES string of the molecule is O=C(NCCC(CCO)c1ccccc1)C(=O)NC1CCCCC1. The molecule has 2 rings (SSSR count). The van der Waals surface area contributed by atoms with Gasteiger partial charge in [0.25, 0.3) is 0 Å². The summed E-state index contributed by atoms with van der Waals surface area (Å²) in [6.07, 6.45) is 6.72. The Bertz CT molecular complexity index is 513. The maximum atomic E-state index is 11.9. The fourth-order valence-corrected chi connectivity index (χ4v) is 3.30. The Morgan fingerprint density at radius 1 is 1.04 bits per heavy atom. The molecule has 0 aromatic heterocycles. The largest absolute Gasteiger partial charge is 0.396 e. The molecule has 1 fully saturated rings. The molecule has 1 atom stereocenters. The molecule has 24 heavy (non-hydrogen) atoms. The van der Waals surface area contributed by atoms with Crippen LogP contribution in [0, 0.1) is 0 Å². The molecule has 0 bridgehead atoms. The van der Waals surface area contributed by atoms with Crippen LogP contribution >= 0.6 is 0 Å². The summed E-state index contributed by atoms with van der Waals surface area (Å²) in [6.45, 7) is 0.534. The van der Waals surface area contributed by atoms with Crippen molar-refractivity contribution in [3.05, 3.63) is 35.9 Å². The average molecular weight is 332 g/mol. The minimum absolute atomic E-state index is 0.107. The summed E-state index contributed by atoms with van der Waals surface area (Å²) in [7, 11) is 0. The van der Waals surface area contributed by atoms with E-state index in [9.17, 15) is 14.7 Å². The van der Waals surface area contributed by atoms with Crippen molar-refractivity contribution in [2.24, 2.45) is 0 Å². The van der Waals surface area contributed by atoms with Crippen molar-refractivity contribution in [1.82, 2.24) is 10.6 Å². The first-order chi connectivity index (χ1) is 11.7. The molecule has 5 heteroatoms. The first kappa shape index (κ1) is 18.5. The third-order valence-corrected chi connectivity index (χ3v) is 4.67. The lowest BCUT2D eigenvalue weighted by Crippen LogP contribution is -2.45. The van der Waals surface area contributed by atoms with Gasteiger partial charge in [0.05, 0.1) is 0 Å². The van der Waals surface area contributed by atoms with E-state index in [1.807, 2.05) is 30.3 Å². The second kappa shape index (κ2) is 10.1. The van der Waals surface area contributed by atoms with Crippen LogP contribution in [0.15, 0.2) is 30.3 Å². The van der Waals surface area contributed by atoms with Crippen LogP contribution in [0.3, 0.4) is 0 Å². The molecule has 0 heterocycles. The van der Waals surface area contributed by atoms with Crippen molar-refractivity contribution in [2.45, 2.75) is 56.9 Å². The fraction of sp³-hybridized carbons (Fsp3) is 0.579. The van der Waals surface area contributed by atoms with Crippen molar-refractivity contribution >= 4 is 11.8 Å². The molecule has 1 aliphatic rings. The normalized spacial score (nSPS) is 16.4. The Hall–Kier alpha value is -1.88. The zero-order valence-corrected chi connectivity index (χ0v) is 14.2. The first-order valence-corrected chi connectivity index (χ1v) is 8.95. The molecule has 0 aliphatic heterocycles. The highest BCUT2D eigenvalue weighted by atomic mass is 16.3. The molecule has 0 radical (unpaired) electrons. The van der Waals surface area contributed by atoms with Gasteiger partial charge in [-0.15, -0.1) is 0 Å². The Kier molecular flexibility index (Phi) is 7.75. The standard InChI is InChI=1S/C19H28N2O3/c22-14-12-16(15-7-3-1-4-8-15)11-13-20-18(23)19(24)21-17-9-5-2-6-10-17/h1,3-4,7-8,16-17,22H,2,5-6,9-14H2,(H,20,23)(H,21,24). The zero-order valence-electron chi connectivity index (χ0n) is 14.2. The van der Waals surface area contributed by atoms with Crippen molar-refractivity contribution in [1.29, 1.82) is 0 Å². The monoisotopic (exact) mass is 332 g/mol. The average Bonchev–Trinajstić information content (AvgIpc) is 2.62. The fourth-order valence-electron chi connectivity index (χ4n) is 3.30. The van der Waals surface area contributed by atoms with Crippen molar-refractivity contribution in [3.63, 3.8) is 0 Å². The number of carbonyl (C=O) groups excluding carboxylic acids is 2. The van der Waals surface area contributed by atoms with Gasteiger partial charge in [-0.3, -0.25) is 9.59 Å². The van der Waals surface area contributed by atoms with E-state index in [1.165, 1.54) is 6.42 Å².